The van der Waals surface area contributed by atoms with Gasteiger partial charge in [0.1, 0.15) is 5.82 Å². The number of pyridine rings is 1. The second kappa shape index (κ2) is 4.34. The molecule has 2 heterocycles. The van der Waals surface area contributed by atoms with E-state index in [-0.39, 0.29) is 4.73 Å². The van der Waals surface area contributed by atoms with Crippen molar-refractivity contribution in [2.24, 2.45) is 0 Å². The van der Waals surface area contributed by atoms with Crippen LogP contribution in [0.1, 0.15) is 0 Å². The second-order valence-electron chi connectivity index (χ2n) is 3.85. The van der Waals surface area contributed by atoms with Gasteiger partial charge >= 0.3 is 0 Å². The van der Waals surface area contributed by atoms with Crippen LogP contribution in [0.5, 0.6) is 0 Å². The molecule has 0 saturated heterocycles. The van der Waals surface area contributed by atoms with E-state index >= 15 is 0 Å². The number of benzene rings is 1. The molecular formula is C12H5BrF3N3. The lowest BCUT2D eigenvalue weighted by Gasteiger charge is -2.04. The molecule has 3 nitrogen and oxygen atoms in total. The van der Waals surface area contributed by atoms with E-state index in [0.29, 0.717) is 16.8 Å². The van der Waals surface area contributed by atoms with Crippen LogP contribution in [0.2, 0.25) is 0 Å². The lowest BCUT2D eigenvalue weighted by molar-refractivity contribution is 0.509. The Morgan fingerprint density at radius 2 is 1.84 bits per heavy atom. The summed E-state index contributed by atoms with van der Waals surface area (Å²) in [6.07, 6.45) is 1.15. The minimum absolute atomic E-state index is 0.280. The molecule has 0 aliphatic heterocycles. The van der Waals surface area contributed by atoms with Crippen LogP contribution in [-0.4, -0.2) is 14.6 Å². The van der Waals surface area contributed by atoms with Gasteiger partial charge in [-0.15, -0.1) is 5.10 Å². The number of hydrogen-bond acceptors (Lipinski definition) is 2. The first kappa shape index (κ1) is 12.2. The van der Waals surface area contributed by atoms with E-state index in [9.17, 15) is 13.2 Å². The van der Waals surface area contributed by atoms with Crippen molar-refractivity contribution in [3.05, 3.63) is 52.6 Å². The summed E-state index contributed by atoms with van der Waals surface area (Å²) in [5.41, 5.74) is 1.000. The van der Waals surface area contributed by atoms with Gasteiger partial charge in [-0.25, -0.2) is 22.7 Å². The highest BCUT2D eigenvalue weighted by Gasteiger charge is 2.12. The minimum Gasteiger partial charge on any atom is -0.216 e. The molecule has 0 aliphatic carbocycles. The quantitative estimate of drug-likeness (QED) is 0.684. The van der Waals surface area contributed by atoms with E-state index in [1.165, 1.54) is 16.6 Å². The molecular weight excluding hydrogens is 323 g/mol. The highest BCUT2D eigenvalue weighted by molar-refractivity contribution is 9.10. The van der Waals surface area contributed by atoms with E-state index in [2.05, 4.69) is 26.0 Å². The van der Waals surface area contributed by atoms with Gasteiger partial charge in [-0.2, -0.15) is 0 Å². The zero-order valence-electron chi connectivity index (χ0n) is 9.24. The van der Waals surface area contributed by atoms with Gasteiger partial charge in [0.15, 0.2) is 17.3 Å². The van der Waals surface area contributed by atoms with Crippen molar-refractivity contribution in [1.29, 1.82) is 0 Å². The average Bonchev–Trinajstić information content (AvgIpc) is 2.72. The first-order chi connectivity index (χ1) is 9.04. The van der Waals surface area contributed by atoms with Crippen LogP contribution in [0.4, 0.5) is 13.2 Å². The van der Waals surface area contributed by atoms with Crippen LogP contribution in [-0.2, 0) is 0 Å². The molecule has 3 rings (SSSR count). The van der Waals surface area contributed by atoms with Crippen molar-refractivity contribution in [3.8, 4) is 11.1 Å². The predicted octanol–water partition coefficient (Wildman–Crippen LogP) is 3.58. The summed E-state index contributed by atoms with van der Waals surface area (Å²) in [6.45, 7) is 0. The largest absolute Gasteiger partial charge is 0.218 e. The molecule has 0 unspecified atom stereocenters. The standard InChI is InChI=1S/C12H5BrF3N3/c13-12-17-11-8(4-7(14)5-19(11)18-12)6-1-2-9(15)10(16)3-6/h1-5H. The first-order valence-corrected chi connectivity index (χ1v) is 6.01. The molecule has 0 atom stereocenters. The minimum atomic E-state index is -1.00. The molecule has 0 fully saturated rings. The monoisotopic (exact) mass is 327 g/mol. The molecule has 0 N–H and O–H groups in total. The molecule has 96 valence electrons. The fourth-order valence-electron chi connectivity index (χ4n) is 1.80. The van der Waals surface area contributed by atoms with Crippen LogP contribution in [0.25, 0.3) is 16.8 Å². The van der Waals surface area contributed by atoms with Gasteiger partial charge in [0.2, 0.25) is 4.73 Å². The van der Waals surface area contributed by atoms with Crippen LogP contribution < -0.4 is 0 Å². The molecule has 7 heteroatoms. The number of fused-ring (bicyclic) bond motifs is 1. The molecule has 2 aromatic heterocycles. The van der Waals surface area contributed by atoms with Crippen LogP contribution in [0, 0.1) is 17.5 Å². The van der Waals surface area contributed by atoms with Crippen molar-refractivity contribution < 1.29 is 13.2 Å². The number of halogens is 4. The highest BCUT2D eigenvalue weighted by atomic mass is 79.9. The molecule has 0 amide bonds. The van der Waals surface area contributed by atoms with Crippen molar-refractivity contribution in [3.63, 3.8) is 0 Å². The summed E-state index contributed by atoms with van der Waals surface area (Å²) in [7, 11) is 0. The van der Waals surface area contributed by atoms with Gasteiger partial charge in [0.05, 0.1) is 6.20 Å². The Morgan fingerprint density at radius 1 is 1.05 bits per heavy atom. The maximum atomic E-state index is 13.5. The van der Waals surface area contributed by atoms with Crippen molar-refractivity contribution in [2.75, 3.05) is 0 Å². The van der Waals surface area contributed by atoms with E-state index in [0.717, 1.165) is 18.3 Å². The van der Waals surface area contributed by atoms with E-state index < -0.39 is 17.5 Å². The maximum Gasteiger partial charge on any atom is 0.218 e. The van der Waals surface area contributed by atoms with Crippen LogP contribution in [0.3, 0.4) is 0 Å². The SMILES string of the molecule is Fc1cc(-c2ccc(F)c(F)c2)c2nc(Br)nn2c1. The van der Waals surface area contributed by atoms with Crippen molar-refractivity contribution >= 4 is 21.6 Å². The van der Waals surface area contributed by atoms with Crippen LogP contribution >= 0.6 is 15.9 Å². The molecule has 0 saturated carbocycles. The Labute approximate surface area is 113 Å². The lowest BCUT2D eigenvalue weighted by atomic mass is 10.1. The zero-order chi connectivity index (χ0) is 13.6. The number of nitrogens with zero attached hydrogens (tertiary/aromatic N) is 3. The Bertz CT molecular complexity index is 785. The average molecular weight is 328 g/mol. The summed E-state index contributed by atoms with van der Waals surface area (Å²) in [5.74, 6) is -2.51. The molecule has 0 bridgehead atoms. The third kappa shape index (κ3) is 2.10. The number of hydrogen-bond donors (Lipinski definition) is 0. The normalized spacial score (nSPS) is 11.2. The second-order valence-corrected chi connectivity index (χ2v) is 4.56. The van der Waals surface area contributed by atoms with Crippen molar-refractivity contribution in [1.82, 2.24) is 14.6 Å². The summed E-state index contributed by atoms with van der Waals surface area (Å²) < 4.78 is 41.2. The summed E-state index contributed by atoms with van der Waals surface area (Å²) in [6, 6.07) is 4.53. The van der Waals surface area contributed by atoms with E-state index in [4.69, 9.17) is 0 Å². The zero-order valence-corrected chi connectivity index (χ0v) is 10.8. The first-order valence-electron chi connectivity index (χ1n) is 5.21. The molecule has 0 aliphatic rings. The topological polar surface area (TPSA) is 30.2 Å². The molecule has 3 aromatic rings. The molecule has 0 radical (unpaired) electrons. The predicted molar refractivity (Wildman–Crippen MR) is 66.0 cm³/mol. The number of rotatable bonds is 1. The fourth-order valence-corrected chi connectivity index (χ4v) is 2.14. The maximum absolute atomic E-state index is 13.5. The Morgan fingerprint density at radius 3 is 2.58 bits per heavy atom. The van der Waals surface area contributed by atoms with E-state index in [1.54, 1.807) is 0 Å². The third-order valence-corrected chi connectivity index (χ3v) is 2.94. The Balaban J connectivity index is 2.31. The molecule has 1 aromatic carbocycles. The molecule has 19 heavy (non-hydrogen) atoms. The van der Waals surface area contributed by atoms with Gasteiger partial charge in [-0.1, -0.05) is 6.07 Å². The van der Waals surface area contributed by atoms with Gasteiger partial charge in [0.25, 0.3) is 0 Å². The van der Waals surface area contributed by atoms with Gasteiger partial charge in [0, 0.05) is 5.56 Å². The van der Waals surface area contributed by atoms with E-state index in [1.807, 2.05) is 0 Å². The third-order valence-electron chi connectivity index (χ3n) is 2.60. The smallest absolute Gasteiger partial charge is 0.216 e. The van der Waals surface area contributed by atoms with Gasteiger partial charge in [-0.05, 0) is 39.7 Å². The number of aromatic nitrogens is 3. The van der Waals surface area contributed by atoms with Crippen LogP contribution in [0.15, 0.2) is 35.2 Å². The Kier molecular flexibility index (Phi) is 2.78. The fraction of sp³-hybridized carbons (Fsp3) is 0. The Hall–Kier alpha value is -1.89. The summed E-state index contributed by atoms with van der Waals surface area (Å²) in [5, 5.41) is 3.91. The van der Waals surface area contributed by atoms with Gasteiger partial charge < -0.3 is 0 Å². The highest BCUT2D eigenvalue weighted by Crippen LogP contribution is 2.26. The van der Waals surface area contributed by atoms with Crippen molar-refractivity contribution in [2.45, 2.75) is 0 Å². The lowest BCUT2D eigenvalue weighted by Crippen LogP contribution is -1.94. The molecule has 0 spiro atoms. The summed E-state index contributed by atoms with van der Waals surface area (Å²) in [4.78, 5) is 4.07. The summed E-state index contributed by atoms with van der Waals surface area (Å²) >= 11 is 3.08. The van der Waals surface area contributed by atoms with Gasteiger partial charge in [-0.3, -0.25) is 0 Å².